The Morgan fingerprint density at radius 2 is 1.52 bits per heavy atom. The molecule has 1 atom stereocenters. The van der Waals surface area contributed by atoms with Gasteiger partial charge in [0.1, 0.15) is 6.04 Å². The summed E-state index contributed by atoms with van der Waals surface area (Å²) >= 11 is 0. The fourth-order valence-electron chi connectivity index (χ4n) is 3.60. The normalized spacial score (nSPS) is 15.8. The van der Waals surface area contributed by atoms with Gasteiger partial charge in [0.25, 0.3) is 0 Å². The molecule has 6 heteroatoms. The van der Waals surface area contributed by atoms with Crippen LogP contribution in [0, 0.1) is 0 Å². The van der Waals surface area contributed by atoms with Gasteiger partial charge >= 0.3 is 0 Å². The predicted molar refractivity (Wildman–Crippen MR) is 102 cm³/mol. The standard InChI is InChI=1S/C21H27NO5/c1-5-26-16-9-13-7-8-22-20(15(13)12-17(16)27-6-2)14-10-18(24-3)21(23)19(11-14)25-4/h9-12,20,22-23H,5-8H2,1-4H3/p+1. The van der Waals surface area contributed by atoms with Crippen molar-refractivity contribution >= 4 is 0 Å². The highest BCUT2D eigenvalue weighted by atomic mass is 16.5. The van der Waals surface area contributed by atoms with Crippen molar-refractivity contribution in [3.8, 4) is 28.7 Å². The van der Waals surface area contributed by atoms with E-state index in [4.69, 9.17) is 18.9 Å². The summed E-state index contributed by atoms with van der Waals surface area (Å²) in [5, 5.41) is 12.5. The van der Waals surface area contributed by atoms with E-state index in [0.29, 0.717) is 24.7 Å². The van der Waals surface area contributed by atoms with Gasteiger partial charge in [0.15, 0.2) is 23.0 Å². The molecule has 1 unspecified atom stereocenters. The summed E-state index contributed by atoms with van der Waals surface area (Å²) in [5.74, 6) is 2.37. The molecule has 3 N–H and O–H groups in total. The first-order valence-electron chi connectivity index (χ1n) is 9.33. The fourth-order valence-corrected chi connectivity index (χ4v) is 3.60. The molecule has 146 valence electrons. The second-order valence-electron chi connectivity index (χ2n) is 6.39. The Balaban J connectivity index is 2.09. The van der Waals surface area contributed by atoms with E-state index >= 15 is 0 Å². The minimum Gasteiger partial charge on any atom is -0.502 e. The average molecular weight is 374 g/mol. The molecule has 27 heavy (non-hydrogen) atoms. The van der Waals surface area contributed by atoms with Crippen LogP contribution in [-0.4, -0.2) is 39.1 Å². The molecule has 1 aliphatic heterocycles. The highest BCUT2D eigenvalue weighted by Gasteiger charge is 2.29. The summed E-state index contributed by atoms with van der Waals surface area (Å²) in [4.78, 5) is 0. The molecular formula is C21H28NO5+. The van der Waals surface area contributed by atoms with Crippen molar-refractivity contribution in [3.05, 3.63) is 41.0 Å². The van der Waals surface area contributed by atoms with Crippen molar-refractivity contribution in [2.24, 2.45) is 0 Å². The second-order valence-corrected chi connectivity index (χ2v) is 6.39. The summed E-state index contributed by atoms with van der Waals surface area (Å²) in [6.07, 6.45) is 0.963. The van der Waals surface area contributed by atoms with Crippen molar-refractivity contribution in [2.75, 3.05) is 34.0 Å². The molecule has 1 aliphatic rings. The van der Waals surface area contributed by atoms with Gasteiger partial charge < -0.3 is 29.4 Å². The number of hydrogen-bond acceptors (Lipinski definition) is 5. The number of phenolic OH excluding ortho intramolecular Hbond substituents is 1. The van der Waals surface area contributed by atoms with Crippen molar-refractivity contribution in [3.63, 3.8) is 0 Å². The molecule has 3 rings (SSSR count). The lowest BCUT2D eigenvalue weighted by Gasteiger charge is -2.26. The molecule has 0 fully saturated rings. The van der Waals surface area contributed by atoms with E-state index in [1.807, 2.05) is 26.0 Å². The number of phenols is 1. The molecule has 2 aromatic carbocycles. The van der Waals surface area contributed by atoms with E-state index in [1.54, 1.807) is 14.2 Å². The van der Waals surface area contributed by atoms with Crippen LogP contribution in [0.3, 0.4) is 0 Å². The maximum atomic E-state index is 10.2. The van der Waals surface area contributed by atoms with Crippen molar-refractivity contribution < 1.29 is 29.4 Å². The number of methoxy groups -OCH3 is 2. The van der Waals surface area contributed by atoms with Gasteiger partial charge in [0, 0.05) is 17.5 Å². The number of nitrogens with two attached hydrogens (primary N) is 1. The molecule has 6 nitrogen and oxygen atoms in total. The van der Waals surface area contributed by atoms with E-state index in [-0.39, 0.29) is 11.8 Å². The lowest BCUT2D eigenvalue weighted by molar-refractivity contribution is -0.690. The third-order valence-electron chi connectivity index (χ3n) is 4.82. The van der Waals surface area contributed by atoms with Gasteiger partial charge in [-0.3, -0.25) is 0 Å². The molecule has 0 amide bonds. The van der Waals surface area contributed by atoms with Crippen LogP contribution in [0.5, 0.6) is 28.7 Å². The largest absolute Gasteiger partial charge is 0.502 e. The monoisotopic (exact) mass is 374 g/mol. The van der Waals surface area contributed by atoms with Gasteiger partial charge in [-0.1, -0.05) is 0 Å². The molecule has 1 heterocycles. The Kier molecular flexibility index (Phi) is 5.96. The minimum atomic E-state index is 0.0153. The molecule has 0 aliphatic carbocycles. The van der Waals surface area contributed by atoms with Gasteiger partial charge in [0.05, 0.1) is 34.0 Å². The summed E-state index contributed by atoms with van der Waals surface area (Å²) in [6.45, 7) is 6.08. The Morgan fingerprint density at radius 3 is 2.07 bits per heavy atom. The molecule has 2 aromatic rings. The molecular weight excluding hydrogens is 346 g/mol. The quantitative estimate of drug-likeness (QED) is 0.779. The van der Waals surface area contributed by atoms with E-state index < -0.39 is 0 Å². The highest BCUT2D eigenvalue weighted by molar-refractivity contribution is 5.56. The number of ether oxygens (including phenoxy) is 4. The van der Waals surface area contributed by atoms with Crippen LogP contribution in [0.25, 0.3) is 0 Å². The Bertz CT molecular complexity index is 780. The van der Waals surface area contributed by atoms with E-state index in [9.17, 15) is 5.11 Å². The van der Waals surface area contributed by atoms with Gasteiger partial charge in [-0.15, -0.1) is 0 Å². The van der Waals surface area contributed by atoms with Crippen LogP contribution in [0.4, 0.5) is 0 Å². The number of rotatable bonds is 7. The number of fused-ring (bicyclic) bond motifs is 1. The van der Waals surface area contributed by atoms with E-state index in [1.165, 1.54) is 11.1 Å². The van der Waals surface area contributed by atoms with Crippen molar-refractivity contribution in [2.45, 2.75) is 26.3 Å². The highest BCUT2D eigenvalue weighted by Crippen LogP contribution is 2.41. The lowest BCUT2D eigenvalue weighted by Crippen LogP contribution is -2.87. The SMILES string of the molecule is CCOc1cc2c(cc1OCC)C(c1cc(OC)c(O)c(OC)c1)[NH2+]CC2. The smallest absolute Gasteiger partial charge is 0.200 e. The van der Waals surface area contributed by atoms with E-state index in [2.05, 4.69) is 17.4 Å². The Labute approximate surface area is 160 Å². The van der Waals surface area contributed by atoms with Gasteiger partial charge in [-0.05, 0) is 43.7 Å². The van der Waals surface area contributed by atoms with Gasteiger partial charge in [-0.2, -0.15) is 0 Å². The summed E-state index contributed by atoms with van der Waals surface area (Å²) in [7, 11) is 3.08. The van der Waals surface area contributed by atoms with Crippen molar-refractivity contribution in [1.82, 2.24) is 0 Å². The molecule has 0 aromatic heterocycles. The summed E-state index contributed by atoms with van der Waals surface area (Å²) in [5.41, 5.74) is 3.44. The predicted octanol–water partition coefficient (Wildman–Crippen LogP) is 2.42. The van der Waals surface area contributed by atoms with Crippen LogP contribution >= 0.6 is 0 Å². The van der Waals surface area contributed by atoms with Crippen LogP contribution in [0.2, 0.25) is 0 Å². The lowest BCUT2D eigenvalue weighted by atomic mass is 9.89. The Morgan fingerprint density at radius 1 is 0.926 bits per heavy atom. The maximum Gasteiger partial charge on any atom is 0.200 e. The average Bonchev–Trinajstić information content (AvgIpc) is 2.68. The molecule has 0 radical (unpaired) electrons. The summed E-state index contributed by atoms with van der Waals surface area (Å²) < 4.78 is 22.3. The van der Waals surface area contributed by atoms with Gasteiger partial charge in [0.2, 0.25) is 5.75 Å². The Hall–Kier alpha value is -2.60. The van der Waals surface area contributed by atoms with Crippen LogP contribution in [0.1, 0.15) is 36.6 Å². The molecule has 0 bridgehead atoms. The molecule has 0 saturated heterocycles. The number of aromatic hydroxyl groups is 1. The number of hydrogen-bond donors (Lipinski definition) is 2. The fraction of sp³-hybridized carbons (Fsp3) is 0.429. The maximum absolute atomic E-state index is 10.2. The van der Waals surface area contributed by atoms with Crippen LogP contribution < -0.4 is 24.3 Å². The van der Waals surface area contributed by atoms with E-state index in [0.717, 1.165) is 30.0 Å². The topological polar surface area (TPSA) is 73.8 Å². The first-order valence-corrected chi connectivity index (χ1v) is 9.33. The number of benzene rings is 2. The minimum absolute atomic E-state index is 0.0153. The first-order chi connectivity index (χ1) is 13.1. The summed E-state index contributed by atoms with van der Waals surface area (Å²) in [6, 6.07) is 7.97. The first kappa shape index (κ1) is 19.2. The zero-order valence-electron chi connectivity index (χ0n) is 16.4. The second kappa shape index (κ2) is 8.39. The van der Waals surface area contributed by atoms with Crippen LogP contribution in [-0.2, 0) is 6.42 Å². The third kappa shape index (κ3) is 3.76. The molecule has 0 spiro atoms. The zero-order valence-corrected chi connectivity index (χ0v) is 16.4. The molecule has 0 saturated carbocycles. The number of quaternary nitrogens is 1. The zero-order chi connectivity index (χ0) is 19.4. The van der Waals surface area contributed by atoms with Crippen LogP contribution in [0.15, 0.2) is 24.3 Å². The van der Waals surface area contributed by atoms with Crippen molar-refractivity contribution in [1.29, 1.82) is 0 Å². The van der Waals surface area contributed by atoms with Gasteiger partial charge in [-0.25, -0.2) is 0 Å². The third-order valence-corrected chi connectivity index (χ3v) is 4.82.